The normalized spacial score (nSPS) is 21.3. The number of ether oxygens (including phenoxy) is 5. The zero-order valence-corrected chi connectivity index (χ0v) is 29.7. The number of hydrogen-bond donors (Lipinski definition) is 1. The molecule has 0 radical (unpaired) electrons. The van der Waals surface area contributed by atoms with Crippen LogP contribution in [0, 0.1) is 25.7 Å². The Balaban J connectivity index is 1.33. The molecule has 3 heterocycles. The molecule has 0 aromatic heterocycles. The molecule has 1 amide bonds. The number of carbonyl (C=O) groups is 1. The van der Waals surface area contributed by atoms with Gasteiger partial charge in [0.2, 0.25) is 12.7 Å². The van der Waals surface area contributed by atoms with E-state index in [2.05, 4.69) is 25.1 Å². The predicted octanol–water partition coefficient (Wildman–Crippen LogP) is 8.54. The molecule has 4 aromatic carbocycles. The molecule has 8 heteroatoms. The van der Waals surface area contributed by atoms with Gasteiger partial charge < -0.3 is 33.7 Å². The van der Waals surface area contributed by atoms with Crippen molar-refractivity contribution in [2.75, 3.05) is 20.5 Å². The van der Waals surface area contributed by atoms with Crippen LogP contribution in [0.2, 0.25) is 0 Å². The average molecular weight is 688 g/mol. The fourth-order valence-corrected chi connectivity index (χ4v) is 8.86. The Labute approximate surface area is 299 Å². The predicted molar refractivity (Wildman–Crippen MR) is 194 cm³/mol. The lowest BCUT2D eigenvalue weighted by Crippen LogP contribution is -2.43. The first-order valence-electron chi connectivity index (χ1n) is 18.1. The Kier molecular flexibility index (Phi) is 8.88. The van der Waals surface area contributed by atoms with Gasteiger partial charge in [0, 0.05) is 39.8 Å². The van der Waals surface area contributed by atoms with Crippen LogP contribution in [0.4, 0.5) is 0 Å². The molecule has 2 bridgehead atoms. The van der Waals surface area contributed by atoms with E-state index < -0.39 is 6.04 Å². The number of aromatic hydroxyl groups is 1. The molecular weight excluding hydrogens is 642 g/mol. The highest BCUT2D eigenvalue weighted by Crippen LogP contribution is 2.60. The highest BCUT2D eigenvalue weighted by molar-refractivity contribution is 5.88. The molecule has 3 aliphatic heterocycles. The lowest BCUT2D eigenvalue weighted by Gasteiger charge is -2.43. The second-order valence-corrected chi connectivity index (χ2v) is 14.2. The molecule has 1 aliphatic carbocycles. The Bertz CT molecular complexity index is 1990. The summed E-state index contributed by atoms with van der Waals surface area (Å²) < 4.78 is 31.4. The minimum Gasteiger partial charge on any atom is -0.507 e. The van der Waals surface area contributed by atoms with Gasteiger partial charge >= 0.3 is 0 Å². The third kappa shape index (κ3) is 5.70. The van der Waals surface area contributed by atoms with Crippen LogP contribution in [0.1, 0.15) is 82.7 Å². The standard InChI is InChI=1S/C43H45NO7/c1-5-12-29-18-31-19-30-17-25(2)39(47-4)41(49-22-28-15-10-7-11-16-28)36(30)35(29)33-20-32-37(42-40(50-24-51-42)26(3)38(32)45)34(44(33)43(31)46)23-48-21-27-13-8-6-9-14-27/h6-11,13-17,20,29,31,34-35,45H,5,12,18-19,21-24H2,1-4H3/t29?,31-,34-,35-/m0/s1. The Morgan fingerprint density at radius 1 is 0.922 bits per heavy atom. The molecule has 0 saturated carbocycles. The second-order valence-electron chi connectivity index (χ2n) is 14.2. The smallest absolute Gasteiger partial charge is 0.231 e. The molecular formula is C43H45NO7. The number of benzene rings is 4. The first-order valence-corrected chi connectivity index (χ1v) is 18.1. The molecule has 4 aliphatic rings. The van der Waals surface area contributed by atoms with Gasteiger partial charge in [-0.1, -0.05) is 80.1 Å². The highest BCUT2D eigenvalue weighted by Gasteiger charge is 2.51. The number of phenols is 1. The van der Waals surface area contributed by atoms with E-state index in [-0.39, 0.29) is 42.8 Å². The monoisotopic (exact) mass is 687 g/mol. The van der Waals surface area contributed by atoms with E-state index in [0.29, 0.717) is 48.0 Å². The van der Waals surface area contributed by atoms with Gasteiger partial charge in [-0.25, -0.2) is 0 Å². The number of allylic oxidation sites excluding steroid dienone is 1. The van der Waals surface area contributed by atoms with Crippen molar-refractivity contribution in [1.29, 1.82) is 0 Å². The van der Waals surface area contributed by atoms with E-state index in [1.165, 1.54) is 0 Å². The molecule has 8 rings (SSSR count). The molecule has 1 fully saturated rings. The first kappa shape index (κ1) is 33.2. The summed E-state index contributed by atoms with van der Waals surface area (Å²) >= 11 is 0. The Morgan fingerprint density at radius 2 is 1.63 bits per heavy atom. The van der Waals surface area contributed by atoms with E-state index in [1.54, 1.807) is 7.11 Å². The quantitative estimate of drug-likeness (QED) is 0.179. The van der Waals surface area contributed by atoms with E-state index in [4.69, 9.17) is 23.7 Å². The number of nitrogens with zero attached hydrogens (tertiary/aromatic N) is 1. The SMILES string of the molecule is CCCC1C[C@H]2Cc3cc(C)c(OC)c(OCc4ccccc4)c3[C@@H]1C1=Cc3c(O)c(C)c4c(c3[C@H](COCc3ccccc3)N1C2=O)OCO4. The third-order valence-electron chi connectivity index (χ3n) is 11.1. The molecule has 1 unspecified atom stereocenters. The third-order valence-corrected chi connectivity index (χ3v) is 11.1. The van der Waals surface area contributed by atoms with Gasteiger partial charge in [0.1, 0.15) is 12.4 Å². The molecule has 0 spiro atoms. The lowest BCUT2D eigenvalue weighted by atomic mass is 9.76. The average Bonchev–Trinajstić information content (AvgIpc) is 3.54. The number of phenolic OH excluding ortho intramolecular Hbond substituents is 1. The lowest BCUT2D eigenvalue weighted by molar-refractivity contribution is -0.137. The Hall–Kier alpha value is -4.95. The van der Waals surface area contributed by atoms with Crippen molar-refractivity contribution in [3.63, 3.8) is 0 Å². The number of hydrogen-bond acceptors (Lipinski definition) is 7. The van der Waals surface area contributed by atoms with Gasteiger partial charge in [0.15, 0.2) is 23.0 Å². The van der Waals surface area contributed by atoms with Crippen molar-refractivity contribution < 1.29 is 33.6 Å². The second kappa shape index (κ2) is 13.6. The fourth-order valence-electron chi connectivity index (χ4n) is 8.86. The first-order chi connectivity index (χ1) is 24.9. The van der Waals surface area contributed by atoms with Gasteiger partial charge in [-0.05, 0) is 67.4 Å². The topological polar surface area (TPSA) is 86.7 Å². The van der Waals surface area contributed by atoms with Gasteiger partial charge in [-0.15, -0.1) is 0 Å². The summed E-state index contributed by atoms with van der Waals surface area (Å²) in [6.45, 7) is 7.13. The molecule has 4 atom stereocenters. The maximum Gasteiger partial charge on any atom is 0.231 e. The van der Waals surface area contributed by atoms with Gasteiger partial charge in [0.05, 0.1) is 26.4 Å². The summed E-state index contributed by atoms with van der Waals surface area (Å²) in [7, 11) is 1.70. The van der Waals surface area contributed by atoms with Crippen LogP contribution in [0.25, 0.3) is 6.08 Å². The highest BCUT2D eigenvalue weighted by atomic mass is 16.7. The summed E-state index contributed by atoms with van der Waals surface area (Å²) in [6, 6.07) is 21.8. The molecule has 264 valence electrons. The Morgan fingerprint density at radius 3 is 2.33 bits per heavy atom. The van der Waals surface area contributed by atoms with E-state index in [0.717, 1.165) is 64.1 Å². The van der Waals surface area contributed by atoms with E-state index >= 15 is 4.79 Å². The van der Waals surface area contributed by atoms with Crippen LogP contribution in [-0.2, 0) is 29.2 Å². The number of amides is 1. The van der Waals surface area contributed by atoms with E-state index in [1.807, 2.05) is 73.4 Å². The fraction of sp³-hybridized carbons (Fsp3) is 0.372. The van der Waals surface area contributed by atoms with Crippen molar-refractivity contribution in [1.82, 2.24) is 4.90 Å². The molecule has 1 saturated heterocycles. The summed E-state index contributed by atoms with van der Waals surface area (Å²) in [6.07, 6.45) is 5.28. The van der Waals surface area contributed by atoms with Crippen LogP contribution >= 0.6 is 0 Å². The van der Waals surface area contributed by atoms with E-state index in [9.17, 15) is 5.11 Å². The number of methoxy groups -OCH3 is 1. The number of fused-ring (bicyclic) bond motifs is 10. The largest absolute Gasteiger partial charge is 0.507 e. The van der Waals surface area contributed by atoms with Crippen molar-refractivity contribution in [2.45, 2.75) is 71.6 Å². The van der Waals surface area contributed by atoms with Crippen molar-refractivity contribution in [3.05, 3.63) is 117 Å². The zero-order chi connectivity index (χ0) is 35.2. The molecule has 1 N–H and O–H groups in total. The van der Waals surface area contributed by atoms with Crippen LogP contribution in [0.3, 0.4) is 0 Å². The van der Waals surface area contributed by atoms with Crippen LogP contribution in [0.15, 0.2) is 72.4 Å². The van der Waals surface area contributed by atoms with Crippen molar-refractivity contribution in [3.8, 4) is 28.7 Å². The molecule has 4 aromatic rings. The molecule has 8 nitrogen and oxygen atoms in total. The maximum atomic E-state index is 15.1. The number of carbonyl (C=O) groups excluding carboxylic acids is 1. The number of rotatable bonds is 10. The van der Waals surface area contributed by atoms with Gasteiger partial charge in [0.25, 0.3) is 0 Å². The maximum absolute atomic E-state index is 15.1. The summed E-state index contributed by atoms with van der Waals surface area (Å²) in [5, 5.41) is 11.9. The summed E-state index contributed by atoms with van der Waals surface area (Å²) in [4.78, 5) is 17.1. The number of aryl methyl sites for hydroxylation is 1. The minimum absolute atomic E-state index is 0.0482. The van der Waals surface area contributed by atoms with Crippen LogP contribution in [-0.4, -0.2) is 36.4 Å². The van der Waals surface area contributed by atoms with Crippen molar-refractivity contribution in [2.24, 2.45) is 11.8 Å². The van der Waals surface area contributed by atoms with Crippen LogP contribution in [0.5, 0.6) is 28.7 Å². The van der Waals surface area contributed by atoms with Crippen LogP contribution < -0.4 is 18.9 Å². The van der Waals surface area contributed by atoms with Gasteiger partial charge in [-0.3, -0.25) is 4.79 Å². The summed E-state index contributed by atoms with van der Waals surface area (Å²) in [5.41, 5.74) is 8.12. The summed E-state index contributed by atoms with van der Waals surface area (Å²) in [5.74, 6) is 2.42. The van der Waals surface area contributed by atoms with Gasteiger partial charge in [-0.2, -0.15) is 0 Å². The van der Waals surface area contributed by atoms with Crippen molar-refractivity contribution >= 4 is 12.0 Å². The molecule has 51 heavy (non-hydrogen) atoms. The minimum atomic E-state index is -0.550. The zero-order valence-electron chi connectivity index (χ0n) is 29.7.